The molecule has 5 heteroatoms. The molecule has 2 heterocycles. The second kappa shape index (κ2) is 9.44. The van der Waals surface area contributed by atoms with Crippen LogP contribution in [-0.2, 0) is 17.8 Å². The number of hydrogen-bond donors (Lipinski definition) is 1. The van der Waals surface area contributed by atoms with Gasteiger partial charge in [0.15, 0.2) is 0 Å². The topological polar surface area (TPSA) is 54.7 Å². The van der Waals surface area contributed by atoms with E-state index in [1.165, 1.54) is 5.56 Å². The number of methoxy groups -OCH3 is 1. The third-order valence-electron chi connectivity index (χ3n) is 7.41. The first-order chi connectivity index (χ1) is 16.2. The van der Waals surface area contributed by atoms with Crippen molar-refractivity contribution in [2.24, 2.45) is 11.3 Å². The third kappa shape index (κ3) is 4.83. The van der Waals surface area contributed by atoms with Gasteiger partial charge in [-0.3, -0.25) is 9.69 Å². The highest BCUT2D eigenvalue weighted by atomic mass is 16.5. The second-order valence-corrected chi connectivity index (χ2v) is 9.42. The number of likely N-dealkylation sites (tertiary alicyclic amines) is 1. The molecular formula is C28H32N2O3. The van der Waals surface area contributed by atoms with Gasteiger partial charge in [0, 0.05) is 24.6 Å². The Morgan fingerprint density at radius 1 is 1.09 bits per heavy atom. The van der Waals surface area contributed by atoms with E-state index in [1.54, 1.807) is 13.4 Å². The Hall–Kier alpha value is -3.05. The number of amides is 1. The van der Waals surface area contributed by atoms with Gasteiger partial charge in [-0.2, -0.15) is 0 Å². The highest BCUT2D eigenvalue weighted by Gasteiger charge is 2.58. The van der Waals surface area contributed by atoms with Crippen molar-refractivity contribution < 1.29 is 13.9 Å². The Balaban J connectivity index is 1.06. The number of para-hydroxylation sites is 1. The van der Waals surface area contributed by atoms with Crippen LogP contribution in [0.4, 0.5) is 0 Å². The predicted molar refractivity (Wildman–Crippen MR) is 129 cm³/mol. The minimum absolute atomic E-state index is 0.185. The number of benzene rings is 2. The van der Waals surface area contributed by atoms with Crippen LogP contribution in [0.25, 0.3) is 11.3 Å². The van der Waals surface area contributed by atoms with E-state index in [9.17, 15) is 4.79 Å². The number of piperidine rings is 1. The Labute approximate surface area is 195 Å². The SMILES string of the molecule is COc1ccccc1CCNC(=O)[C@@H]1CC12CCN(Cc1ccc(-c3ccco3)cc1)CC2. The van der Waals surface area contributed by atoms with Gasteiger partial charge in [-0.05, 0) is 73.5 Å². The summed E-state index contributed by atoms with van der Waals surface area (Å²) in [7, 11) is 1.69. The zero-order valence-corrected chi connectivity index (χ0v) is 19.3. The van der Waals surface area contributed by atoms with E-state index < -0.39 is 0 Å². The summed E-state index contributed by atoms with van der Waals surface area (Å²) in [6, 6.07) is 20.6. The van der Waals surface area contributed by atoms with Crippen molar-refractivity contribution >= 4 is 5.91 Å². The molecule has 1 spiro atoms. The number of nitrogens with one attached hydrogen (secondary N) is 1. The van der Waals surface area contributed by atoms with Crippen molar-refractivity contribution in [2.45, 2.75) is 32.2 Å². The van der Waals surface area contributed by atoms with Gasteiger partial charge < -0.3 is 14.5 Å². The number of carbonyl (C=O) groups is 1. The summed E-state index contributed by atoms with van der Waals surface area (Å²) < 4.78 is 10.9. The predicted octanol–water partition coefficient (Wildman–Crippen LogP) is 4.92. The summed E-state index contributed by atoms with van der Waals surface area (Å²) in [5.74, 6) is 2.21. The van der Waals surface area contributed by atoms with E-state index >= 15 is 0 Å². The van der Waals surface area contributed by atoms with Gasteiger partial charge in [-0.15, -0.1) is 0 Å². The van der Waals surface area contributed by atoms with Crippen LogP contribution in [0.3, 0.4) is 0 Å². The van der Waals surface area contributed by atoms with Crippen LogP contribution >= 0.6 is 0 Å². The first-order valence-electron chi connectivity index (χ1n) is 11.9. The van der Waals surface area contributed by atoms with Crippen LogP contribution < -0.4 is 10.1 Å². The number of furan rings is 1. The number of ether oxygens (including phenoxy) is 1. The van der Waals surface area contributed by atoms with E-state index in [0.29, 0.717) is 6.54 Å². The number of hydrogen-bond acceptors (Lipinski definition) is 4. The molecule has 1 aliphatic heterocycles. The lowest BCUT2D eigenvalue weighted by Crippen LogP contribution is -2.37. The molecule has 0 radical (unpaired) electrons. The average molecular weight is 445 g/mol. The van der Waals surface area contributed by atoms with E-state index in [4.69, 9.17) is 9.15 Å². The first kappa shape index (κ1) is 21.8. The van der Waals surface area contributed by atoms with Crippen LogP contribution in [0.2, 0.25) is 0 Å². The van der Waals surface area contributed by atoms with Crippen molar-refractivity contribution in [1.82, 2.24) is 10.2 Å². The average Bonchev–Trinajstić information content (AvgIpc) is 3.26. The Morgan fingerprint density at radius 3 is 2.61 bits per heavy atom. The van der Waals surface area contributed by atoms with Crippen molar-refractivity contribution in [3.63, 3.8) is 0 Å². The van der Waals surface area contributed by atoms with Crippen molar-refractivity contribution in [2.75, 3.05) is 26.7 Å². The smallest absolute Gasteiger partial charge is 0.223 e. The Kier molecular flexibility index (Phi) is 6.23. The normalized spacial score (nSPS) is 19.4. The fourth-order valence-corrected chi connectivity index (χ4v) is 5.26. The summed E-state index contributed by atoms with van der Waals surface area (Å²) in [5.41, 5.74) is 3.80. The molecule has 1 saturated heterocycles. The maximum Gasteiger partial charge on any atom is 0.223 e. The molecule has 1 aliphatic carbocycles. The molecule has 2 fully saturated rings. The summed E-state index contributed by atoms with van der Waals surface area (Å²) in [6.07, 6.45) is 5.77. The zero-order chi connectivity index (χ0) is 22.7. The van der Waals surface area contributed by atoms with Gasteiger partial charge in [0.2, 0.25) is 5.91 Å². The fraction of sp³-hybridized carbons (Fsp3) is 0.393. The van der Waals surface area contributed by atoms with E-state index in [-0.39, 0.29) is 17.2 Å². The van der Waals surface area contributed by atoms with E-state index in [2.05, 4.69) is 40.5 Å². The number of nitrogens with zero attached hydrogens (tertiary/aromatic N) is 1. The molecule has 2 aliphatic rings. The molecule has 1 aromatic heterocycles. The van der Waals surface area contributed by atoms with Gasteiger partial charge in [-0.25, -0.2) is 0 Å². The molecule has 5 rings (SSSR count). The maximum absolute atomic E-state index is 12.8. The molecule has 172 valence electrons. The highest BCUT2D eigenvalue weighted by Crippen LogP contribution is 2.59. The molecule has 1 saturated carbocycles. The number of rotatable bonds is 8. The standard InChI is InChI=1S/C28H32N2O3/c1-32-25-6-3-2-5-22(25)12-15-29-27(31)24-19-28(24)13-16-30(17-14-28)20-21-8-10-23(11-9-21)26-7-4-18-33-26/h2-11,18,24H,12-17,19-20H2,1H3,(H,29,31)/t24-/m0/s1. The number of carbonyl (C=O) groups excluding carboxylic acids is 1. The minimum Gasteiger partial charge on any atom is -0.496 e. The Morgan fingerprint density at radius 2 is 1.88 bits per heavy atom. The summed E-state index contributed by atoms with van der Waals surface area (Å²) in [4.78, 5) is 15.3. The van der Waals surface area contributed by atoms with Crippen molar-refractivity contribution in [3.05, 3.63) is 78.1 Å². The van der Waals surface area contributed by atoms with Crippen LogP contribution in [-0.4, -0.2) is 37.6 Å². The molecule has 33 heavy (non-hydrogen) atoms. The molecule has 0 unspecified atom stereocenters. The Bertz CT molecular complexity index is 1070. The van der Waals surface area contributed by atoms with Crippen LogP contribution in [0.1, 0.15) is 30.4 Å². The van der Waals surface area contributed by atoms with Gasteiger partial charge in [0.05, 0.1) is 13.4 Å². The van der Waals surface area contributed by atoms with E-state index in [0.717, 1.165) is 68.0 Å². The molecule has 1 amide bonds. The molecule has 5 nitrogen and oxygen atoms in total. The third-order valence-corrected chi connectivity index (χ3v) is 7.41. The summed E-state index contributed by atoms with van der Waals surface area (Å²) in [6.45, 7) is 3.74. The first-order valence-corrected chi connectivity index (χ1v) is 11.9. The lowest BCUT2D eigenvalue weighted by molar-refractivity contribution is -0.123. The monoisotopic (exact) mass is 444 g/mol. The zero-order valence-electron chi connectivity index (χ0n) is 19.3. The molecule has 1 N–H and O–H groups in total. The van der Waals surface area contributed by atoms with Gasteiger partial charge in [0.1, 0.15) is 11.5 Å². The van der Waals surface area contributed by atoms with Gasteiger partial charge >= 0.3 is 0 Å². The fourth-order valence-electron chi connectivity index (χ4n) is 5.26. The maximum atomic E-state index is 12.8. The minimum atomic E-state index is 0.185. The molecular weight excluding hydrogens is 412 g/mol. The quantitative estimate of drug-likeness (QED) is 0.536. The van der Waals surface area contributed by atoms with Crippen molar-refractivity contribution in [3.8, 4) is 17.1 Å². The van der Waals surface area contributed by atoms with E-state index in [1.807, 2.05) is 30.3 Å². The molecule has 0 bridgehead atoms. The van der Waals surface area contributed by atoms with Crippen molar-refractivity contribution in [1.29, 1.82) is 0 Å². The van der Waals surface area contributed by atoms with Crippen LogP contribution in [0.5, 0.6) is 5.75 Å². The summed E-state index contributed by atoms with van der Waals surface area (Å²) >= 11 is 0. The lowest BCUT2D eigenvalue weighted by atomic mass is 9.90. The lowest BCUT2D eigenvalue weighted by Gasteiger charge is -2.32. The van der Waals surface area contributed by atoms with Crippen LogP contribution in [0.15, 0.2) is 71.3 Å². The highest BCUT2D eigenvalue weighted by molar-refractivity contribution is 5.82. The second-order valence-electron chi connectivity index (χ2n) is 9.42. The van der Waals surface area contributed by atoms with Crippen LogP contribution in [0, 0.1) is 11.3 Å². The molecule has 1 atom stereocenters. The largest absolute Gasteiger partial charge is 0.496 e. The molecule has 2 aromatic carbocycles. The molecule has 3 aromatic rings. The summed E-state index contributed by atoms with van der Waals surface area (Å²) in [5, 5.41) is 3.17. The van der Waals surface area contributed by atoms with Gasteiger partial charge in [0.25, 0.3) is 0 Å². The van der Waals surface area contributed by atoms with Gasteiger partial charge in [-0.1, -0.05) is 42.5 Å².